The molecule has 0 aliphatic heterocycles. The van der Waals surface area contributed by atoms with E-state index < -0.39 is 0 Å². The molecule has 1 heterocycles. The van der Waals surface area contributed by atoms with Gasteiger partial charge in [-0.15, -0.1) is 0 Å². The van der Waals surface area contributed by atoms with Crippen LogP contribution >= 0.6 is 0 Å². The Morgan fingerprint density at radius 2 is 2.06 bits per heavy atom. The number of halogens is 1. The molecule has 84 valence electrons. The first-order valence-electron chi connectivity index (χ1n) is 5.12. The summed E-state index contributed by atoms with van der Waals surface area (Å²) in [5.41, 5.74) is 7.68. The number of hydrogen-bond donors (Lipinski definition) is 1. The second-order valence-corrected chi connectivity index (χ2v) is 3.71. The van der Waals surface area contributed by atoms with E-state index in [0.717, 1.165) is 11.5 Å². The predicted octanol–water partition coefficient (Wildman–Crippen LogP) is 1.99. The zero-order chi connectivity index (χ0) is 11.7. The molecule has 0 saturated heterocycles. The molecule has 16 heavy (non-hydrogen) atoms. The zero-order valence-corrected chi connectivity index (χ0v) is 9.37. The van der Waals surface area contributed by atoms with Crippen molar-refractivity contribution < 1.29 is 4.39 Å². The van der Waals surface area contributed by atoms with E-state index in [-0.39, 0.29) is 5.82 Å². The van der Waals surface area contributed by atoms with Crippen LogP contribution in [0, 0.1) is 12.7 Å². The topological polar surface area (TPSA) is 43.8 Å². The largest absolute Gasteiger partial charge is 0.334 e. The van der Waals surface area contributed by atoms with E-state index in [2.05, 4.69) is 4.98 Å². The van der Waals surface area contributed by atoms with Crippen LogP contribution in [0.15, 0.2) is 24.3 Å². The first-order chi connectivity index (χ1) is 7.65. The zero-order valence-electron chi connectivity index (χ0n) is 9.37. The molecule has 0 fully saturated rings. The maximum Gasteiger partial charge on any atom is 0.132 e. The van der Waals surface area contributed by atoms with Gasteiger partial charge in [0.2, 0.25) is 0 Å². The minimum Gasteiger partial charge on any atom is -0.334 e. The first kappa shape index (κ1) is 10.8. The molecule has 2 N–H and O–H groups in total. The van der Waals surface area contributed by atoms with Gasteiger partial charge in [0, 0.05) is 18.3 Å². The van der Waals surface area contributed by atoms with Gasteiger partial charge in [0.05, 0.1) is 12.2 Å². The Kier molecular flexibility index (Phi) is 2.75. The summed E-state index contributed by atoms with van der Waals surface area (Å²) in [7, 11) is 1.88. The average Bonchev–Trinajstić information content (AvgIpc) is 2.57. The third-order valence-corrected chi connectivity index (χ3v) is 2.79. The van der Waals surface area contributed by atoms with Crippen molar-refractivity contribution in [3.8, 4) is 11.3 Å². The summed E-state index contributed by atoms with van der Waals surface area (Å²) in [6.45, 7) is 2.26. The van der Waals surface area contributed by atoms with Crippen LogP contribution in [0.2, 0.25) is 0 Å². The monoisotopic (exact) mass is 219 g/mol. The molecule has 0 amide bonds. The Bertz CT molecular complexity index is 517. The Balaban J connectivity index is 2.61. The lowest BCUT2D eigenvalue weighted by molar-refractivity contribution is 0.630. The summed E-state index contributed by atoms with van der Waals surface area (Å²) in [5, 5.41) is 0. The number of imidazole rings is 1. The lowest BCUT2D eigenvalue weighted by Gasteiger charge is -2.01. The van der Waals surface area contributed by atoms with E-state index in [4.69, 9.17) is 5.73 Å². The number of nitrogens with two attached hydrogens (primary N) is 1. The third-order valence-electron chi connectivity index (χ3n) is 2.79. The van der Waals surface area contributed by atoms with Crippen molar-refractivity contribution in [2.24, 2.45) is 12.8 Å². The Morgan fingerprint density at radius 3 is 2.62 bits per heavy atom. The maximum absolute atomic E-state index is 13.6. The highest BCUT2D eigenvalue weighted by Gasteiger charge is 2.14. The van der Waals surface area contributed by atoms with Crippen molar-refractivity contribution in [2.45, 2.75) is 13.5 Å². The summed E-state index contributed by atoms with van der Waals surface area (Å²) in [5.74, 6) is 0.503. The summed E-state index contributed by atoms with van der Waals surface area (Å²) < 4.78 is 15.5. The van der Waals surface area contributed by atoms with Gasteiger partial charge in [-0.2, -0.15) is 0 Å². The highest BCUT2D eigenvalue weighted by molar-refractivity contribution is 5.62. The van der Waals surface area contributed by atoms with Crippen LogP contribution in [0.5, 0.6) is 0 Å². The molecule has 0 aliphatic carbocycles. The third kappa shape index (κ3) is 1.61. The number of hydrogen-bond acceptors (Lipinski definition) is 2. The molecule has 0 atom stereocenters. The summed E-state index contributed by atoms with van der Waals surface area (Å²) in [6.07, 6.45) is 0. The second-order valence-electron chi connectivity index (χ2n) is 3.71. The highest BCUT2D eigenvalue weighted by atomic mass is 19.1. The van der Waals surface area contributed by atoms with Crippen LogP contribution in [0.3, 0.4) is 0 Å². The quantitative estimate of drug-likeness (QED) is 0.839. The summed E-state index contributed by atoms with van der Waals surface area (Å²) in [4.78, 5) is 4.36. The van der Waals surface area contributed by atoms with Crippen molar-refractivity contribution in [2.75, 3.05) is 0 Å². The lowest BCUT2D eigenvalue weighted by Crippen LogP contribution is -2.05. The normalized spacial score (nSPS) is 10.8. The standard InChI is InChI=1S/C12H14FN3/c1-8-12(15-11(7-14)16(8)2)9-5-3-4-6-10(9)13/h3-6H,7,14H2,1-2H3. The average molecular weight is 219 g/mol. The van der Waals surface area contributed by atoms with Crippen molar-refractivity contribution in [1.82, 2.24) is 9.55 Å². The van der Waals surface area contributed by atoms with E-state index >= 15 is 0 Å². The Hall–Kier alpha value is -1.68. The minimum absolute atomic E-state index is 0.257. The van der Waals surface area contributed by atoms with Crippen LogP contribution in [-0.2, 0) is 13.6 Å². The van der Waals surface area contributed by atoms with E-state index in [1.54, 1.807) is 18.2 Å². The van der Waals surface area contributed by atoms with E-state index in [0.29, 0.717) is 17.8 Å². The molecule has 4 heteroatoms. The fraction of sp³-hybridized carbons (Fsp3) is 0.250. The van der Waals surface area contributed by atoms with Crippen molar-refractivity contribution in [1.29, 1.82) is 0 Å². The Morgan fingerprint density at radius 1 is 1.38 bits per heavy atom. The smallest absolute Gasteiger partial charge is 0.132 e. The van der Waals surface area contributed by atoms with Gasteiger partial charge in [-0.3, -0.25) is 0 Å². The van der Waals surface area contributed by atoms with Gasteiger partial charge in [0.1, 0.15) is 11.6 Å². The molecule has 2 aromatic rings. The van der Waals surface area contributed by atoms with Crippen LogP contribution in [0.4, 0.5) is 4.39 Å². The summed E-state index contributed by atoms with van der Waals surface area (Å²) >= 11 is 0. The first-order valence-corrected chi connectivity index (χ1v) is 5.12. The van der Waals surface area contributed by atoms with Crippen molar-refractivity contribution in [3.05, 3.63) is 41.6 Å². The predicted molar refractivity (Wildman–Crippen MR) is 61.2 cm³/mol. The number of rotatable bonds is 2. The maximum atomic E-state index is 13.6. The van der Waals surface area contributed by atoms with Gasteiger partial charge in [0.25, 0.3) is 0 Å². The highest BCUT2D eigenvalue weighted by Crippen LogP contribution is 2.25. The second kappa shape index (κ2) is 4.06. The minimum atomic E-state index is -0.257. The van der Waals surface area contributed by atoms with Crippen molar-refractivity contribution in [3.63, 3.8) is 0 Å². The van der Waals surface area contributed by atoms with Crippen LogP contribution in [0.25, 0.3) is 11.3 Å². The van der Waals surface area contributed by atoms with Crippen LogP contribution in [-0.4, -0.2) is 9.55 Å². The van der Waals surface area contributed by atoms with Gasteiger partial charge in [-0.25, -0.2) is 9.37 Å². The van der Waals surface area contributed by atoms with Gasteiger partial charge in [0.15, 0.2) is 0 Å². The van der Waals surface area contributed by atoms with E-state index in [9.17, 15) is 4.39 Å². The molecule has 1 aromatic carbocycles. The van der Waals surface area contributed by atoms with Gasteiger partial charge >= 0.3 is 0 Å². The fourth-order valence-electron chi connectivity index (χ4n) is 1.73. The van der Waals surface area contributed by atoms with Crippen LogP contribution in [0.1, 0.15) is 11.5 Å². The van der Waals surface area contributed by atoms with E-state index in [1.165, 1.54) is 6.07 Å². The van der Waals surface area contributed by atoms with Gasteiger partial charge < -0.3 is 10.3 Å². The van der Waals surface area contributed by atoms with Gasteiger partial charge in [-0.05, 0) is 19.1 Å². The number of aromatic nitrogens is 2. The number of nitrogens with zero attached hydrogens (tertiary/aromatic N) is 2. The summed E-state index contributed by atoms with van der Waals surface area (Å²) in [6, 6.07) is 6.63. The Labute approximate surface area is 93.7 Å². The molecule has 2 rings (SSSR count). The molecular weight excluding hydrogens is 205 g/mol. The van der Waals surface area contributed by atoms with Crippen molar-refractivity contribution >= 4 is 0 Å². The van der Waals surface area contributed by atoms with Crippen LogP contribution < -0.4 is 5.73 Å². The number of benzene rings is 1. The molecule has 3 nitrogen and oxygen atoms in total. The molecule has 0 saturated carbocycles. The molecule has 0 radical (unpaired) electrons. The van der Waals surface area contributed by atoms with Gasteiger partial charge in [-0.1, -0.05) is 12.1 Å². The molecule has 1 aromatic heterocycles. The SMILES string of the molecule is Cc1c(-c2ccccc2F)nc(CN)n1C. The molecule has 0 bridgehead atoms. The fourth-order valence-corrected chi connectivity index (χ4v) is 1.73. The molecule has 0 aliphatic rings. The molecule has 0 unspecified atom stereocenters. The van der Waals surface area contributed by atoms with E-state index in [1.807, 2.05) is 18.5 Å². The molecular formula is C12H14FN3. The lowest BCUT2D eigenvalue weighted by atomic mass is 10.1. The molecule has 0 spiro atoms.